The zero-order chi connectivity index (χ0) is 89.3. The number of nitrogens with zero attached hydrogens (tertiary/aromatic N) is 2. The molecule has 20 aromatic carbocycles. The molecule has 0 atom stereocenters. The fourth-order valence-electron chi connectivity index (χ4n) is 14.5. The van der Waals surface area contributed by atoms with Gasteiger partial charge in [0.15, 0.2) is 0 Å². The Kier molecular flexibility index (Phi) is 33.3. The van der Waals surface area contributed by atoms with Crippen LogP contribution in [0.5, 0.6) is 0 Å². The molecule has 0 aliphatic heterocycles. The molecular weight excluding hydrogens is 1980 g/mol. The third-order valence-electron chi connectivity index (χ3n) is 21.3. The van der Waals surface area contributed by atoms with Gasteiger partial charge in [-0.3, -0.25) is 0 Å². The zero-order valence-corrected chi connectivity index (χ0v) is 80.5. The van der Waals surface area contributed by atoms with Crippen molar-refractivity contribution in [1.29, 1.82) is 0 Å². The van der Waals surface area contributed by atoms with Gasteiger partial charge in [-0.05, 0) is 283 Å². The van der Waals surface area contributed by atoms with Crippen molar-refractivity contribution in [1.82, 2.24) is 0 Å². The summed E-state index contributed by atoms with van der Waals surface area (Å²) in [6, 6.07) is 185. The van der Waals surface area contributed by atoms with Crippen molar-refractivity contribution in [3.63, 3.8) is 0 Å². The van der Waals surface area contributed by atoms with E-state index in [2.05, 4.69) is 565 Å². The van der Waals surface area contributed by atoms with E-state index in [1.807, 2.05) is 84.9 Å². The molecule has 0 aliphatic carbocycles. The van der Waals surface area contributed by atoms with Crippen molar-refractivity contribution in [2.45, 2.75) is 0 Å². The largest absolute Gasteiger partial charge is 0.356 e. The smallest absolute Gasteiger partial charge is 0.0462 e. The number of para-hydroxylation sites is 4. The van der Waals surface area contributed by atoms with Crippen molar-refractivity contribution in [2.75, 3.05) is 20.4 Å². The average molecular weight is 2070 g/mol. The van der Waals surface area contributed by atoms with Crippen LogP contribution in [-0.4, -0.2) is 0 Å². The predicted molar refractivity (Wildman–Crippen MR) is 577 cm³/mol. The third-order valence-corrected chi connectivity index (χ3v) is 24.4. The maximum absolute atomic E-state index is 3.53. The average Bonchev–Trinajstić information content (AvgIpc) is 0.799. The van der Waals surface area contributed by atoms with E-state index in [0.717, 1.165) is 83.7 Å². The molecule has 0 aliphatic rings. The highest BCUT2D eigenvalue weighted by Gasteiger charge is 2.16. The van der Waals surface area contributed by atoms with Gasteiger partial charge in [0.1, 0.15) is 0 Å². The maximum Gasteiger partial charge on any atom is 0.0462 e. The zero-order valence-electron chi connectivity index (χ0n) is 71.0. The highest BCUT2D eigenvalue weighted by Crippen LogP contribution is 2.41. The second-order valence-corrected chi connectivity index (χ2v) is 35.7. The molecular formula is C120H90Br6N4. The lowest BCUT2D eigenvalue weighted by atomic mass is 10.0. The summed E-state index contributed by atoms with van der Waals surface area (Å²) in [7, 11) is 0. The Morgan fingerprint density at radius 3 is 0.392 bits per heavy atom. The van der Waals surface area contributed by atoms with Gasteiger partial charge in [-0.15, -0.1) is 0 Å². The SMILES string of the molecule is Brc1ccc(-c2ccc(Br)cc2)cc1.Brc1ccc(-c2ccc(Br)cc2)cc1.Brc1ccc(-c2ccc(N(c3ccc(-c4ccccc4)cc3)c3ccc(-c4ccccc4)cc3)cc2)cc1.Brc1ccc(-c2ccc(N(c3ccccc3)c3ccccc3)cc2)cc1.c1ccc(-c2ccc(Nc3ccc(-c4ccccc4)cc3)cc2)cc1.c1ccc(Nc2ccccc2)cc1. The lowest BCUT2D eigenvalue weighted by Crippen LogP contribution is -2.09. The molecule has 0 saturated heterocycles. The molecule has 4 nitrogen and oxygen atoms in total. The number of hydrogen-bond acceptors (Lipinski definition) is 4. The molecule has 632 valence electrons. The van der Waals surface area contributed by atoms with Crippen LogP contribution in [-0.2, 0) is 0 Å². The van der Waals surface area contributed by atoms with Gasteiger partial charge in [-0.1, -0.05) is 435 Å². The summed E-state index contributed by atoms with van der Waals surface area (Å²) in [4.78, 5) is 4.58. The van der Waals surface area contributed by atoms with Gasteiger partial charge in [0, 0.05) is 83.7 Å². The van der Waals surface area contributed by atoms with E-state index in [1.54, 1.807) is 0 Å². The first-order valence-corrected chi connectivity index (χ1v) is 47.4. The summed E-state index contributed by atoms with van der Waals surface area (Å²) in [6.07, 6.45) is 0. The van der Waals surface area contributed by atoms with E-state index in [9.17, 15) is 0 Å². The fraction of sp³-hybridized carbons (Fsp3) is 0. The van der Waals surface area contributed by atoms with Gasteiger partial charge >= 0.3 is 0 Å². The first kappa shape index (κ1) is 91.2. The Bertz CT molecular complexity index is 6320. The van der Waals surface area contributed by atoms with Gasteiger partial charge in [-0.2, -0.15) is 0 Å². The summed E-state index contributed by atoms with van der Waals surface area (Å²) < 4.78 is 6.62. The molecule has 10 heteroatoms. The van der Waals surface area contributed by atoms with Crippen LogP contribution in [0.3, 0.4) is 0 Å². The standard InChI is InChI=1S/C36H26BrN.C24H18BrN.C24H19N.2C12H8Br2.C12H11N/c37-33-19-11-29(12-20-33)32-17-25-36(26-18-32)38(34-21-13-30(14-22-34)27-7-3-1-4-8-27)35-23-15-31(16-24-35)28-9-5-2-6-10-28;25-21-15-11-19(12-16-21)20-13-17-24(18-14-20)26(22-7-3-1-4-8-22)23-9-5-2-6-10-23;1-3-7-19(8-4-1)21-11-15-23(16-12-21)25-24-17-13-22(14-18-24)20-9-5-2-6-10-20;2*13-11-5-1-9(2-6-11)10-3-7-12(14)8-4-10;1-3-7-11(8-4-1)13-12-9-5-2-6-10-12/h1-26H;1-18H;1-18,25H;2*1-8H;1-10,13H. The maximum atomic E-state index is 3.53. The van der Waals surface area contributed by atoms with E-state index >= 15 is 0 Å². The van der Waals surface area contributed by atoms with Gasteiger partial charge in [-0.25, -0.2) is 0 Å². The summed E-state index contributed by atoms with van der Waals surface area (Å²) in [6.45, 7) is 0. The van der Waals surface area contributed by atoms with Crippen LogP contribution in [0, 0.1) is 0 Å². The molecule has 2 N–H and O–H groups in total. The van der Waals surface area contributed by atoms with Crippen LogP contribution < -0.4 is 20.4 Å². The minimum Gasteiger partial charge on any atom is -0.356 e. The number of rotatable bonds is 18. The number of nitrogens with one attached hydrogen (secondary N) is 2. The first-order chi connectivity index (χ1) is 63.9. The Morgan fingerprint density at radius 1 is 0.108 bits per heavy atom. The number of hydrogen-bond donors (Lipinski definition) is 2. The summed E-state index contributed by atoms with van der Waals surface area (Å²) in [5, 5.41) is 6.77. The molecule has 0 unspecified atom stereocenters. The molecule has 0 heterocycles. The molecule has 0 radical (unpaired) electrons. The van der Waals surface area contributed by atoms with Crippen LogP contribution in [0.25, 0.3) is 89.0 Å². The Balaban J connectivity index is 0.000000125. The first-order valence-electron chi connectivity index (χ1n) is 42.6. The lowest BCUT2D eigenvalue weighted by Gasteiger charge is -2.26. The third kappa shape index (κ3) is 26.8. The van der Waals surface area contributed by atoms with E-state index < -0.39 is 0 Å². The molecule has 130 heavy (non-hydrogen) atoms. The summed E-state index contributed by atoms with van der Waals surface area (Å²) in [5.74, 6) is 0. The van der Waals surface area contributed by atoms with E-state index in [0.29, 0.717) is 0 Å². The number of anilines is 10. The van der Waals surface area contributed by atoms with Crippen molar-refractivity contribution in [3.05, 3.63) is 561 Å². The minimum absolute atomic E-state index is 1.09. The topological polar surface area (TPSA) is 30.5 Å². The molecule has 0 bridgehead atoms. The highest BCUT2D eigenvalue weighted by molar-refractivity contribution is 9.11. The number of halogens is 6. The van der Waals surface area contributed by atoms with Crippen LogP contribution in [0.1, 0.15) is 0 Å². The van der Waals surface area contributed by atoms with Gasteiger partial charge in [0.05, 0.1) is 0 Å². The van der Waals surface area contributed by atoms with Crippen LogP contribution in [0.4, 0.5) is 56.9 Å². The van der Waals surface area contributed by atoms with E-state index in [1.165, 1.54) is 89.0 Å². The van der Waals surface area contributed by atoms with Gasteiger partial charge < -0.3 is 20.4 Å². The Hall–Kier alpha value is -13.5. The Labute approximate surface area is 814 Å². The monoisotopic (exact) mass is 2060 g/mol. The van der Waals surface area contributed by atoms with E-state index in [4.69, 9.17) is 0 Å². The molecule has 0 aromatic heterocycles. The molecule has 20 aromatic rings. The minimum atomic E-state index is 1.09. The molecule has 0 fully saturated rings. The second-order valence-electron chi connectivity index (χ2n) is 30.2. The highest BCUT2D eigenvalue weighted by atomic mass is 79.9. The van der Waals surface area contributed by atoms with Crippen molar-refractivity contribution < 1.29 is 0 Å². The van der Waals surface area contributed by atoms with Gasteiger partial charge in [0.2, 0.25) is 0 Å². The summed E-state index contributed by atoms with van der Waals surface area (Å²) >= 11 is 20.7. The second kappa shape index (κ2) is 47.5. The molecule has 0 spiro atoms. The van der Waals surface area contributed by atoms with Crippen LogP contribution in [0.15, 0.2) is 561 Å². The van der Waals surface area contributed by atoms with Crippen molar-refractivity contribution >= 4 is 152 Å². The van der Waals surface area contributed by atoms with Gasteiger partial charge in [0.25, 0.3) is 0 Å². The predicted octanol–water partition coefficient (Wildman–Crippen LogP) is 38.5. The fourth-order valence-corrected chi connectivity index (χ4v) is 16.1. The summed E-state index contributed by atoms with van der Waals surface area (Å²) in [5.41, 5.74) is 30.8. The van der Waals surface area contributed by atoms with E-state index in [-0.39, 0.29) is 0 Å². The quantitative estimate of drug-likeness (QED) is 0.0896. The van der Waals surface area contributed by atoms with Crippen LogP contribution >= 0.6 is 95.6 Å². The lowest BCUT2D eigenvalue weighted by molar-refractivity contribution is 1.28. The van der Waals surface area contributed by atoms with Crippen molar-refractivity contribution in [3.8, 4) is 89.0 Å². The Morgan fingerprint density at radius 2 is 0.223 bits per heavy atom. The normalized spacial score (nSPS) is 10.4. The molecule has 0 saturated carbocycles. The molecule has 0 amide bonds. The molecule has 20 rings (SSSR count). The van der Waals surface area contributed by atoms with Crippen LogP contribution in [0.2, 0.25) is 0 Å². The number of benzene rings is 20. The van der Waals surface area contributed by atoms with Crippen molar-refractivity contribution in [2.24, 2.45) is 0 Å².